The van der Waals surface area contributed by atoms with Crippen LogP contribution in [0.2, 0.25) is 0 Å². The average molecular weight is 339 g/mol. The van der Waals surface area contributed by atoms with Gasteiger partial charge in [-0.1, -0.05) is 18.2 Å². The first-order valence-corrected chi connectivity index (χ1v) is 6.86. The number of halogens is 5. The second kappa shape index (κ2) is 7.94. The average Bonchev–Trinajstić information content (AvgIpc) is 2.45. The molecule has 2 rings (SSSR count). The van der Waals surface area contributed by atoms with Crippen LogP contribution in [0, 0.1) is 5.82 Å². The normalized spacial score (nSPS) is 17.6. The molecule has 0 bridgehead atoms. The highest BCUT2D eigenvalue weighted by molar-refractivity contribution is 5.85. The lowest BCUT2D eigenvalue weighted by Crippen LogP contribution is -2.45. The molecule has 1 N–H and O–H groups in total. The standard InChI is InChI=1S/C15H18F4N2.ClH/c1-2-4-13(21-9-7-20-8-10-21)11-5-3-6-12(14(11)16)15(17,18)19;/h2-3,5-6,13,20H,1,4,7-10H2;1H/t13-;/m0./s1. The van der Waals surface area contributed by atoms with Gasteiger partial charge in [-0.25, -0.2) is 4.39 Å². The molecule has 1 heterocycles. The SMILES string of the molecule is C=CC[C@@H](c1cccc(C(F)(F)F)c1F)N1CCNCC1.Cl. The number of alkyl halides is 3. The highest BCUT2D eigenvalue weighted by Crippen LogP contribution is 2.36. The minimum atomic E-state index is -4.68. The van der Waals surface area contributed by atoms with Crippen molar-refractivity contribution in [2.24, 2.45) is 0 Å². The van der Waals surface area contributed by atoms with E-state index in [0.717, 1.165) is 19.2 Å². The molecule has 1 aliphatic heterocycles. The molecule has 0 aliphatic carbocycles. The molecule has 0 spiro atoms. The topological polar surface area (TPSA) is 15.3 Å². The smallest absolute Gasteiger partial charge is 0.314 e. The first-order valence-electron chi connectivity index (χ1n) is 6.86. The van der Waals surface area contributed by atoms with Crippen LogP contribution in [0.5, 0.6) is 0 Å². The van der Waals surface area contributed by atoms with Gasteiger partial charge in [-0.2, -0.15) is 13.2 Å². The molecule has 0 unspecified atom stereocenters. The summed E-state index contributed by atoms with van der Waals surface area (Å²) in [5.74, 6) is -1.17. The van der Waals surface area contributed by atoms with Crippen LogP contribution in [0.1, 0.15) is 23.6 Å². The van der Waals surface area contributed by atoms with Gasteiger partial charge in [0.05, 0.1) is 5.56 Å². The van der Waals surface area contributed by atoms with Gasteiger partial charge in [-0.15, -0.1) is 19.0 Å². The van der Waals surface area contributed by atoms with Crippen LogP contribution >= 0.6 is 12.4 Å². The van der Waals surface area contributed by atoms with E-state index in [1.165, 1.54) is 12.1 Å². The monoisotopic (exact) mass is 338 g/mol. The van der Waals surface area contributed by atoms with Gasteiger partial charge in [-0.3, -0.25) is 4.90 Å². The predicted octanol–water partition coefficient (Wildman–Crippen LogP) is 3.79. The van der Waals surface area contributed by atoms with Gasteiger partial charge in [0.2, 0.25) is 0 Å². The van der Waals surface area contributed by atoms with E-state index in [0.29, 0.717) is 19.5 Å². The summed E-state index contributed by atoms with van der Waals surface area (Å²) in [6.45, 7) is 6.47. The summed E-state index contributed by atoms with van der Waals surface area (Å²) < 4.78 is 52.8. The van der Waals surface area contributed by atoms with Crippen LogP contribution in [0.15, 0.2) is 30.9 Å². The van der Waals surface area contributed by atoms with E-state index in [1.807, 2.05) is 4.90 Å². The maximum atomic E-state index is 14.3. The molecule has 0 saturated carbocycles. The maximum absolute atomic E-state index is 14.3. The van der Waals surface area contributed by atoms with Crippen LogP contribution in [-0.4, -0.2) is 31.1 Å². The fraction of sp³-hybridized carbons (Fsp3) is 0.467. The highest BCUT2D eigenvalue weighted by Gasteiger charge is 2.36. The Bertz CT molecular complexity index is 499. The fourth-order valence-corrected chi connectivity index (χ4v) is 2.65. The Kier molecular flexibility index (Phi) is 6.84. The molecule has 7 heteroatoms. The third-order valence-electron chi connectivity index (χ3n) is 3.68. The van der Waals surface area contributed by atoms with E-state index in [-0.39, 0.29) is 18.0 Å². The predicted molar refractivity (Wildman–Crippen MR) is 80.6 cm³/mol. The third-order valence-corrected chi connectivity index (χ3v) is 3.68. The lowest BCUT2D eigenvalue weighted by Gasteiger charge is -2.35. The van der Waals surface area contributed by atoms with Gasteiger partial charge < -0.3 is 5.32 Å². The number of rotatable bonds is 4. The van der Waals surface area contributed by atoms with Gasteiger partial charge in [-0.05, 0) is 12.5 Å². The molecule has 2 nitrogen and oxygen atoms in total. The van der Waals surface area contributed by atoms with Crippen LogP contribution in [0.3, 0.4) is 0 Å². The number of piperazine rings is 1. The number of benzene rings is 1. The zero-order valence-corrected chi connectivity index (χ0v) is 12.8. The largest absolute Gasteiger partial charge is 0.419 e. The van der Waals surface area contributed by atoms with Crippen molar-refractivity contribution in [1.82, 2.24) is 10.2 Å². The van der Waals surface area contributed by atoms with Crippen molar-refractivity contribution in [3.05, 3.63) is 47.8 Å². The molecule has 1 aliphatic rings. The third kappa shape index (κ3) is 4.21. The lowest BCUT2D eigenvalue weighted by atomic mass is 9.98. The molecule has 0 radical (unpaired) electrons. The van der Waals surface area contributed by atoms with Gasteiger partial charge in [0.25, 0.3) is 0 Å². The van der Waals surface area contributed by atoms with E-state index in [2.05, 4.69) is 11.9 Å². The second-order valence-electron chi connectivity index (χ2n) is 5.03. The van der Waals surface area contributed by atoms with Gasteiger partial charge in [0, 0.05) is 37.8 Å². The Hall–Kier alpha value is -1.11. The first kappa shape index (κ1) is 18.9. The molecule has 0 amide bonds. The van der Waals surface area contributed by atoms with Crippen molar-refractivity contribution in [2.75, 3.05) is 26.2 Å². The van der Waals surface area contributed by atoms with Gasteiger partial charge in [0.15, 0.2) is 0 Å². The van der Waals surface area contributed by atoms with E-state index in [1.54, 1.807) is 6.08 Å². The molecule has 1 aromatic carbocycles. The van der Waals surface area contributed by atoms with Crippen molar-refractivity contribution in [1.29, 1.82) is 0 Å². The van der Waals surface area contributed by atoms with Crippen molar-refractivity contribution >= 4 is 12.4 Å². The van der Waals surface area contributed by atoms with E-state index >= 15 is 0 Å². The highest BCUT2D eigenvalue weighted by atomic mass is 35.5. The lowest BCUT2D eigenvalue weighted by molar-refractivity contribution is -0.140. The van der Waals surface area contributed by atoms with Crippen molar-refractivity contribution < 1.29 is 17.6 Å². The summed E-state index contributed by atoms with van der Waals surface area (Å²) in [7, 11) is 0. The summed E-state index contributed by atoms with van der Waals surface area (Å²) in [6, 6.07) is 3.06. The van der Waals surface area contributed by atoms with Crippen LogP contribution in [-0.2, 0) is 6.18 Å². The molecule has 1 saturated heterocycles. The summed E-state index contributed by atoms with van der Waals surface area (Å²) >= 11 is 0. The van der Waals surface area contributed by atoms with E-state index in [4.69, 9.17) is 0 Å². The molecule has 0 aromatic heterocycles. The first-order chi connectivity index (χ1) is 9.95. The second-order valence-corrected chi connectivity index (χ2v) is 5.03. The zero-order valence-electron chi connectivity index (χ0n) is 12.0. The molecular weight excluding hydrogens is 320 g/mol. The fourth-order valence-electron chi connectivity index (χ4n) is 2.65. The van der Waals surface area contributed by atoms with E-state index < -0.39 is 23.6 Å². The minimum absolute atomic E-state index is 0. The quantitative estimate of drug-likeness (QED) is 0.664. The summed E-state index contributed by atoms with van der Waals surface area (Å²) in [4.78, 5) is 2.00. The molecule has 1 atom stereocenters. The van der Waals surface area contributed by atoms with Crippen LogP contribution in [0.25, 0.3) is 0 Å². The molecule has 1 fully saturated rings. The Morgan fingerprint density at radius 1 is 1.27 bits per heavy atom. The zero-order chi connectivity index (χ0) is 15.5. The Morgan fingerprint density at radius 3 is 2.45 bits per heavy atom. The summed E-state index contributed by atoms with van der Waals surface area (Å²) in [5, 5.41) is 3.17. The van der Waals surface area contributed by atoms with Gasteiger partial charge >= 0.3 is 6.18 Å². The van der Waals surface area contributed by atoms with Crippen molar-refractivity contribution in [2.45, 2.75) is 18.6 Å². The Labute approximate surface area is 133 Å². The van der Waals surface area contributed by atoms with Crippen molar-refractivity contribution in [3.63, 3.8) is 0 Å². The molecule has 1 aromatic rings. The van der Waals surface area contributed by atoms with Crippen LogP contribution in [0.4, 0.5) is 17.6 Å². The number of hydrogen-bond acceptors (Lipinski definition) is 2. The molecular formula is C15H19ClF4N2. The molecule has 124 valence electrons. The van der Waals surface area contributed by atoms with E-state index in [9.17, 15) is 17.6 Å². The minimum Gasteiger partial charge on any atom is -0.314 e. The Balaban J connectivity index is 0.00000242. The summed E-state index contributed by atoms with van der Waals surface area (Å²) in [5.41, 5.74) is -1.11. The Morgan fingerprint density at radius 2 is 1.91 bits per heavy atom. The number of nitrogens with zero attached hydrogens (tertiary/aromatic N) is 1. The van der Waals surface area contributed by atoms with Crippen LogP contribution < -0.4 is 5.32 Å². The van der Waals surface area contributed by atoms with Gasteiger partial charge in [0.1, 0.15) is 5.82 Å². The number of hydrogen-bond donors (Lipinski definition) is 1. The molecule has 22 heavy (non-hydrogen) atoms. The van der Waals surface area contributed by atoms with Crippen molar-refractivity contribution in [3.8, 4) is 0 Å². The maximum Gasteiger partial charge on any atom is 0.419 e. The summed E-state index contributed by atoms with van der Waals surface area (Å²) in [6.07, 6.45) is -2.65. The number of nitrogens with one attached hydrogen (secondary N) is 1.